The highest BCUT2D eigenvalue weighted by Gasteiger charge is 2.49. The van der Waals surface area contributed by atoms with Crippen molar-refractivity contribution in [2.75, 3.05) is 0 Å². The fourth-order valence-corrected chi connectivity index (χ4v) is 6.17. The molecule has 0 aromatic heterocycles. The van der Waals surface area contributed by atoms with E-state index in [1.807, 2.05) is 12.1 Å². The van der Waals surface area contributed by atoms with Gasteiger partial charge in [0.2, 0.25) is 0 Å². The van der Waals surface area contributed by atoms with Crippen LogP contribution in [0, 0.1) is 0 Å². The number of aliphatic hydroxyl groups is 1. The number of nitrogens with one attached hydrogen (secondary N) is 1. The number of amides is 2. The van der Waals surface area contributed by atoms with E-state index < -0.39 is 30.0 Å². The van der Waals surface area contributed by atoms with Gasteiger partial charge in [-0.3, -0.25) is 14.4 Å². The number of nitrogens with zero attached hydrogens (tertiary/aromatic N) is 1. The first-order valence-electron chi connectivity index (χ1n) is 12.6. The van der Waals surface area contributed by atoms with E-state index in [9.17, 15) is 14.7 Å². The second-order valence-electron chi connectivity index (χ2n) is 9.69. The lowest BCUT2D eigenvalue weighted by molar-refractivity contribution is -0.138. The Kier molecular flexibility index (Phi) is 8.26. The van der Waals surface area contributed by atoms with E-state index in [2.05, 4.69) is 5.48 Å². The van der Waals surface area contributed by atoms with Gasteiger partial charge >= 0.3 is 0 Å². The van der Waals surface area contributed by atoms with E-state index in [0.29, 0.717) is 44.6 Å². The summed E-state index contributed by atoms with van der Waals surface area (Å²) in [6.07, 6.45) is 2.24. The standard InChI is InChI=1S/C29H27Cl3N2O4/c30-18-11-9-17(10-12-18)16-38-33-28(36)26-20-5-1-2-6-21(20)29(37)34(24-7-3-4-8-25(24)35)27(26)22-14-13-19(31)15-23(22)32/h1-2,5-6,9-15,24-27,35H,3-4,7-8,16H2,(H,33,36)/t24-,25-,26+,27-/m0/s1. The molecule has 4 atom stereocenters. The molecule has 0 bridgehead atoms. The third kappa shape index (κ3) is 5.42. The largest absolute Gasteiger partial charge is 0.391 e. The number of hydrogen-bond acceptors (Lipinski definition) is 4. The van der Waals surface area contributed by atoms with Crippen LogP contribution in [0.5, 0.6) is 0 Å². The van der Waals surface area contributed by atoms with Crippen LogP contribution in [0.2, 0.25) is 15.1 Å². The van der Waals surface area contributed by atoms with Gasteiger partial charge in [-0.2, -0.15) is 0 Å². The van der Waals surface area contributed by atoms with E-state index in [0.717, 1.165) is 18.4 Å². The van der Waals surface area contributed by atoms with Gasteiger partial charge in [-0.1, -0.05) is 84.0 Å². The normalized spacial score (nSPS) is 23.2. The summed E-state index contributed by atoms with van der Waals surface area (Å²) in [5, 5.41) is 12.4. The van der Waals surface area contributed by atoms with Crippen molar-refractivity contribution in [3.63, 3.8) is 0 Å². The minimum absolute atomic E-state index is 0.133. The number of aliphatic hydroxyl groups excluding tert-OH is 1. The monoisotopic (exact) mass is 572 g/mol. The van der Waals surface area contributed by atoms with Crippen LogP contribution in [0.4, 0.5) is 0 Å². The summed E-state index contributed by atoms with van der Waals surface area (Å²) in [6.45, 7) is 0.133. The summed E-state index contributed by atoms with van der Waals surface area (Å²) in [5.41, 5.74) is 5.00. The van der Waals surface area contributed by atoms with E-state index in [1.165, 1.54) is 0 Å². The summed E-state index contributed by atoms with van der Waals surface area (Å²) in [5.74, 6) is -1.51. The Labute approximate surface area is 236 Å². The Bertz CT molecular complexity index is 1330. The number of hydrogen-bond donors (Lipinski definition) is 2. The molecule has 2 aliphatic rings. The molecule has 1 fully saturated rings. The fraction of sp³-hybridized carbons (Fsp3) is 0.310. The van der Waals surface area contributed by atoms with Crippen LogP contribution in [-0.4, -0.2) is 34.0 Å². The molecule has 1 aliphatic carbocycles. The second kappa shape index (κ2) is 11.6. The second-order valence-corrected chi connectivity index (χ2v) is 11.0. The predicted octanol–water partition coefficient (Wildman–Crippen LogP) is 6.48. The van der Waals surface area contributed by atoms with E-state index >= 15 is 0 Å². The lowest BCUT2D eigenvalue weighted by Crippen LogP contribution is -2.55. The van der Waals surface area contributed by atoms with Crippen molar-refractivity contribution in [3.05, 3.63) is 104 Å². The molecule has 6 nitrogen and oxygen atoms in total. The van der Waals surface area contributed by atoms with Crippen LogP contribution in [0.25, 0.3) is 0 Å². The molecule has 2 N–H and O–H groups in total. The number of halogens is 3. The zero-order valence-electron chi connectivity index (χ0n) is 20.4. The third-order valence-corrected chi connectivity index (χ3v) is 8.13. The van der Waals surface area contributed by atoms with Gasteiger partial charge in [-0.05, 0) is 59.9 Å². The maximum Gasteiger partial charge on any atom is 0.255 e. The molecule has 2 amide bonds. The van der Waals surface area contributed by atoms with Crippen molar-refractivity contribution in [1.29, 1.82) is 0 Å². The van der Waals surface area contributed by atoms with Gasteiger partial charge in [-0.25, -0.2) is 5.48 Å². The van der Waals surface area contributed by atoms with Crippen molar-refractivity contribution in [2.24, 2.45) is 0 Å². The number of rotatable bonds is 6. The van der Waals surface area contributed by atoms with Crippen molar-refractivity contribution in [1.82, 2.24) is 10.4 Å². The molecule has 1 saturated carbocycles. The zero-order chi connectivity index (χ0) is 26.8. The van der Waals surface area contributed by atoms with Crippen LogP contribution in [-0.2, 0) is 16.2 Å². The number of fused-ring (bicyclic) bond motifs is 1. The minimum Gasteiger partial charge on any atom is -0.391 e. The molecule has 0 radical (unpaired) electrons. The average Bonchev–Trinajstić information content (AvgIpc) is 2.90. The summed E-state index contributed by atoms with van der Waals surface area (Å²) >= 11 is 18.8. The molecule has 1 aliphatic heterocycles. The van der Waals surface area contributed by atoms with Gasteiger partial charge in [0.1, 0.15) is 0 Å². The van der Waals surface area contributed by atoms with Crippen molar-refractivity contribution in [3.8, 4) is 0 Å². The average molecular weight is 574 g/mol. The van der Waals surface area contributed by atoms with E-state index in [1.54, 1.807) is 59.5 Å². The number of hydroxylamine groups is 1. The Morgan fingerprint density at radius 2 is 1.66 bits per heavy atom. The molecule has 3 aromatic carbocycles. The van der Waals surface area contributed by atoms with Crippen molar-refractivity contribution >= 4 is 46.6 Å². The maximum atomic E-state index is 14.0. The van der Waals surface area contributed by atoms with E-state index in [-0.39, 0.29) is 12.5 Å². The van der Waals surface area contributed by atoms with Gasteiger partial charge in [0, 0.05) is 20.6 Å². The molecular formula is C29H27Cl3N2O4. The van der Waals surface area contributed by atoms with Crippen molar-refractivity contribution in [2.45, 2.75) is 56.4 Å². The highest BCUT2D eigenvalue weighted by atomic mass is 35.5. The summed E-state index contributed by atoms with van der Waals surface area (Å²) in [4.78, 5) is 35.1. The Morgan fingerprint density at radius 3 is 2.39 bits per heavy atom. The highest BCUT2D eigenvalue weighted by Crippen LogP contribution is 2.47. The maximum absolute atomic E-state index is 14.0. The first-order chi connectivity index (χ1) is 18.3. The third-order valence-electron chi connectivity index (χ3n) is 7.32. The predicted molar refractivity (Wildman–Crippen MR) is 147 cm³/mol. The van der Waals surface area contributed by atoms with Gasteiger partial charge in [-0.15, -0.1) is 0 Å². The molecule has 0 saturated heterocycles. The Hall–Kier alpha value is -2.61. The molecule has 5 rings (SSSR count). The molecule has 38 heavy (non-hydrogen) atoms. The molecular weight excluding hydrogens is 547 g/mol. The summed E-state index contributed by atoms with van der Waals surface area (Å²) in [7, 11) is 0. The Morgan fingerprint density at radius 1 is 0.947 bits per heavy atom. The lowest BCUT2D eigenvalue weighted by Gasteiger charge is -2.48. The van der Waals surface area contributed by atoms with Gasteiger partial charge in [0.25, 0.3) is 11.8 Å². The minimum atomic E-state index is -0.845. The Balaban J connectivity index is 1.55. The van der Waals surface area contributed by atoms with Crippen LogP contribution in [0.15, 0.2) is 66.7 Å². The van der Waals surface area contributed by atoms with Crippen LogP contribution in [0.3, 0.4) is 0 Å². The first kappa shape index (κ1) is 27.0. The zero-order valence-corrected chi connectivity index (χ0v) is 22.7. The smallest absolute Gasteiger partial charge is 0.255 e. The molecule has 1 heterocycles. The van der Waals surface area contributed by atoms with Crippen LogP contribution >= 0.6 is 34.8 Å². The fourth-order valence-electron chi connectivity index (χ4n) is 5.52. The lowest BCUT2D eigenvalue weighted by atomic mass is 9.77. The first-order valence-corrected chi connectivity index (χ1v) is 13.7. The quantitative estimate of drug-likeness (QED) is 0.331. The molecule has 198 valence electrons. The molecule has 0 unspecified atom stereocenters. The molecule has 9 heteroatoms. The van der Waals surface area contributed by atoms with Crippen LogP contribution < -0.4 is 5.48 Å². The topological polar surface area (TPSA) is 78.9 Å². The number of carbonyl (C=O) groups excluding carboxylic acids is 2. The van der Waals surface area contributed by atoms with Gasteiger partial charge in [0.05, 0.1) is 30.7 Å². The van der Waals surface area contributed by atoms with Gasteiger partial charge in [0.15, 0.2) is 0 Å². The number of carbonyl (C=O) groups is 2. The van der Waals surface area contributed by atoms with Crippen molar-refractivity contribution < 1.29 is 19.5 Å². The highest BCUT2D eigenvalue weighted by molar-refractivity contribution is 6.35. The molecule has 0 spiro atoms. The van der Waals surface area contributed by atoms with Crippen LogP contribution in [0.1, 0.15) is 64.7 Å². The summed E-state index contributed by atoms with van der Waals surface area (Å²) in [6, 6.07) is 18.0. The van der Waals surface area contributed by atoms with Gasteiger partial charge < -0.3 is 10.0 Å². The summed E-state index contributed by atoms with van der Waals surface area (Å²) < 4.78 is 0. The molecule has 3 aromatic rings. The number of benzene rings is 3. The van der Waals surface area contributed by atoms with E-state index in [4.69, 9.17) is 39.6 Å². The SMILES string of the molecule is O=C(NOCc1ccc(Cl)cc1)[C@@H]1c2ccccc2C(=O)N([C@H]2CCCC[C@@H]2O)[C@H]1c1ccc(Cl)cc1Cl.